The summed E-state index contributed by atoms with van der Waals surface area (Å²) < 4.78 is 25.9. The molecule has 1 N–H and O–H groups in total. The van der Waals surface area contributed by atoms with Crippen molar-refractivity contribution in [3.05, 3.63) is 0 Å². The lowest BCUT2D eigenvalue weighted by molar-refractivity contribution is -0.156. The van der Waals surface area contributed by atoms with Crippen molar-refractivity contribution in [1.29, 1.82) is 0 Å². The van der Waals surface area contributed by atoms with E-state index in [1.807, 2.05) is 0 Å². The van der Waals surface area contributed by atoms with E-state index in [0.717, 1.165) is 0 Å². The molecule has 1 fully saturated rings. The molecule has 1 aliphatic rings. The van der Waals surface area contributed by atoms with E-state index in [1.54, 1.807) is 0 Å². The molecule has 13 heavy (non-hydrogen) atoms. The van der Waals surface area contributed by atoms with Crippen molar-refractivity contribution in [2.75, 3.05) is 0 Å². The van der Waals surface area contributed by atoms with E-state index in [2.05, 4.69) is 0 Å². The monoisotopic (exact) mass is 192 g/mol. The van der Waals surface area contributed by atoms with E-state index in [-0.39, 0.29) is 18.6 Å². The Morgan fingerprint density at radius 2 is 2.08 bits per heavy atom. The first kappa shape index (κ1) is 10.6. The average Bonchev–Trinajstić information content (AvgIpc) is 1.97. The van der Waals surface area contributed by atoms with Gasteiger partial charge in [-0.05, 0) is 20.3 Å². The molecule has 0 spiro atoms. The number of rotatable bonds is 1. The molecule has 1 saturated carbocycles. The van der Waals surface area contributed by atoms with Crippen LogP contribution in [-0.4, -0.2) is 22.9 Å². The Hall–Kier alpha value is -0.510. The van der Waals surface area contributed by atoms with E-state index in [1.165, 1.54) is 13.8 Å². The summed E-state index contributed by atoms with van der Waals surface area (Å²) in [5, 5.41) is 9.48. The first-order chi connectivity index (χ1) is 5.78. The lowest BCUT2D eigenvalue weighted by Gasteiger charge is -2.40. The fraction of sp³-hybridized carbons (Fsp3) is 0.889. The summed E-state index contributed by atoms with van der Waals surface area (Å²) in [5.74, 6) is -3.17. The lowest BCUT2D eigenvalue weighted by Crippen LogP contribution is -2.47. The molecular formula is C9H14F2O2. The number of Topliss-reactive ketones (excluding diaryl/α,β-unsaturated/α-hetero) is 1. The van der Waals surface area contributed by atoms with Crippen LogP contribution in [0, 0.1) is 5.41 Å². The Morgan fingerprint density at radius 1 is 1.54 bits per heavy atom. The molecule has 2 nitrogen and oxygen atoms in total. The van der Waals surface area contributed by atoms with Gasteiger partial charge in [0.1, 0.15) is 5.78 Å². The molecule has 0 aromatic rings. The van der Waals surface area contributed by atoms with Gasteiger partial charge in [-0.1, -0.05) is 0 Å². The molecular weight excluding hydrogens is 178 g/mol. The predicted molar refractivity (Wildman–Crippen MR) is 43.6 cm³/mol. The molecule has 0 radical (unpaired) electrons. The van der Waals surface area contributed by atoms with Crippen molar-refractivity contribution < 1.29 is 18.7 Å². The fourth-order valence-electron chi connectivity index (χ4n) is 1.77. The molecule has 0 aromatic carbocycles. The lowest BCUT2D eigenvalue weighted by atomic mass is 9.69. The molecule has 0 unspecified atom stereocenters. The van der Waals surface area contributed by atoms with Crippen LogP contribution >= 0.6 is 0 Å². The minimum atomic E-state index is -2.81. The number of carbonyl (C=O) groups is 1. The molecule has 0 saturated heterocycles. The Kier molecular flexibility index (Phi) is 2.45. The van der Waals surface area contributed by atoms with Crippen molar-refractivity contribution in [2.45, 2.75) is 45.1 Å². The number of aliphatic hydroxyl groups excluding tert-OH is 1. The molecule has 0 heterocycles. The summed E-state index contributed by atoms with van der Waals surface area (Å²) in [6.45, 7) is 2.66. The molecule has 0 aromatic heterocycles. The van der Waals surface area contributed by atoms with Crippen LogP contribution < -0.4 is 0 Å². The molecule has 4 heteroatoms. The summed E-state index contributed by atoms with van der Waals surface area (Å²) in [7, 11) is 0. The summed E-state index contributed by atoms with van der Waals surface area (Å²) in [6, 6.07) is 0. The van der Waals surface area contributed by atoms with Crippen LogP contribution in [-0.2, 0) is 4.79 Å². The Morgan fingerprint density at radius 3 is 2.46 bits per heavy atom. The van der Waals surface area contributed by atoms with Crippen molar-refractivity contribution in [3.8, 4) is 0 Å². The maximum absolute atomic E-state index is 13.0. The van der Waals surface area contributed by atoms with E-state index in [9.17, 15) is 18.7 Å². The minimum absolute atomic E-state index is 0.00306. The van der Waals surface area contributed by atoms with Crippen LogP contribution in [0.2, 0.25) is 0 Å². The number of ketones is 1. The Balaban J connectivity index is 2.88. The van der Waals surface area contributed by atoms with Gasteiger partial charge in [0.25, 0.3) is 0 Å². The highest BCUT2D eigenvalue weighted by molar-refractivity contribution is 5.82. The summed E-state index contributed by atoms with van der Waals surface area (Å²) in [4.78, 5) is 11.1. The third-order valence-corrected chi connectivity index (χ3v) is 2.95. The summed E-state index contributed by atoms with van der Waals surface area (Å²) in [6.07, 6.45) is -1.78. The number of carbonyl (C=O) groups excluding carboxylic acids is 1. The van der Waals surface area contributed by atoms with Gasteiger partial charge >= 0.3 is 0 Å². The number of alkyl halides is 2. The number of hydrogen-bond donors (Lipinski definition) is 1. The maximum atomic E-state index is 13.0. The van der Waals surface area contributed by atoms with Crippen LogP contribution in [0.15, 0.2) is 0 Å². The second-order valence-corrected chi connectivity index (χ2v) is 4.06. The van der Waals surface area contributed by atoms with Gasteiger partial charge < -0.3 is 5.11 Å². The zero-order chi connectivity index (χ0) is 10.3. The summed E-state index contributed by atoms with van der Waals surface area (Å²) >= 11 is 0. The molecule has 0 amide bonds. The van der Waals surface area contributed by atoms with Crippen molar-refractivity contribution >= 4 is 5.78 Å². The molecule has 0 bridgehead atoms. The second kappa shape index (κ2) is 3.01. The van der Waals surface area contributed by atoms with Crippen LogP contribution in [0.3, 0.4) is 0 Å². The fourth-order valence-corrected chi connectivity index (χ4v) is 1.77. The van der Waals surface area contributed by atoms with E-state index < -0.39 is 23.9 Å². The quantitative estimate of drug-likeness (QED) is 0.687. The molecule has 76 valence electrons. The highest BCUT2D eigenvalue weighted by Crippen LogP contribution is 2.44. The standard InChI is InChI=1S/C9H14F2O2/c1-6(12)8(2)5-9(10,11)4-3-7(8)13/h7,13H,3-5H2,1-2H3/t7-,8-/m1/s1. The van der Waals surface area contributed by atoms with Crippen LogP contribution in [0.4, 0.5) is 8.78 Å². The maximum Gasteiger partial charge on any atom is 0.249 e. The van der Waals surface area contributed by atoms with Gasteiger partial charge in [0.15, 0.2) is 0 Å². The van der Waals surface area contributed by atoms with Crippen molar-refractivity contribution in [1.82, 2.24) is 0 Å². The average molecular weight is 192 g/mol. The Bertz CT molecular complexity index is 228. The number of hydrogen-bond acceptors (Lipinski definition) is 2. The highest BCUT2D eigenvalue weighted by Gasteiger charge is 2.50. The minimum Gasteiger partial charge on any atom is -0.392 e. The van der Waals surface area contributed by atoms with E-state index in [0.29, 0.717) is 0 Å². The van der Waals surface area contributed by atoms with Gasteiger partial charge in [0.05, 0.1) is 11.5 Å². The first-order valence-electron chi connectivity index (χ1n) is 4.35. The number of aliphatic hydroxyl groups is 1. The zero-order valence-electron chi connectivity index (χ0n) is 7.81. The van der Waals surface area contributed by atoms with Crippen LogP contribution in [0.1, 0.15) is 33.1 Å². The topological polar surface area (TPSA) is 37.3 Å². The third-order valence-electron chi connectivity index (χ3n) is 2.95. The smallest absolute Gasteiger partial charge is 0.249 e. The second-order valence-electron chi connectivity index (χ2n) is 4.06. The van der Waals surface area contributed by atoms with Gasteiger partial charge in [0, 0.05) is 12.8 Å². The summed E-state index contributed by atoms with van der Waals surface area (Å²) in [5.41, 5.74) is -1.26. The van der Waals surface area contributed by atoms with Crippen LogP contribution in [0.25, 0.3) is 0 Å². The van der Waals surface area contributed by atoms with Crippen molar-refractivity contribution in [3.63, 3.8) is 0 Å². The predicted octanol–water partition coefficient (Wildman–Crippen LogP) is 1.76. The van der Waals surface area contributed by atoms with Gasteiger partial charge in [-0.2, -0.15) is 0 Å². The number of halogens is 2. The highest BCUT2D eigenvalue weighted by atomic mass is 19.3. The largest absolute Gasteiger partial charge is 0.392 e. The van der Waals surface area contributed by atoms with Crippen LogP contribution in [0.5, 0.6) is 0 Å². The first-order valence-corrected chi connectivity index (χ1v) is 4.35. The normalized spacial score (nSPS) is 38.7. The molecule has 1 aliphatic carbocycles. The van der Waals surface area contributed by atoms with Crippen molar-refractivity contribution in [2.24, 2.45) is 5.41 Å². The van der Waals surface area contributed by atoms with Gasteiger partial charge in [-0.25, -0.2) is 8.78 Å². The van der Waals surface area contributed by atoms with Gasteiger partial charge in [-0.15, -0.1) is 0 Å². The van der Waals surface area contributed by atoms with E-state index in [4.69, 9.17) is 0 Å². The Labute approximate surface area is 75.9 Å². The van der Waals surface area contributed by atoms with Gasteiger partial charge in [-0.3, -0.25) is 4.79 Å². The molecule has 2 atom stereocenters. The van der Waals surface area contributed by atoms with E-state index >= 15 is 0 Å². The van der Waals surface area contributed by atoms with Gasteiger partial charge in [0.2, 0.25) is 5.92 Å². The zero-order valence-corrected chi connectivity index (χ0v) is 7.81. The molecule has 0 aliphatic heterocycles. The molecule has 1 rings (SSSR count). The third kappa shape index (κ3) is 1.88. The SMILES string of the molecule is CC(=O)[C@@]1(C)CC(F)(F)CC[C@H]1O.